The van der Waals surface area contributed by atoms with Gasteiger partial charge in [-0.15, -0.1) is 0 Å². The summed E-state index contributed by atoms with van der Waals surface area (Å²) in [6.45, 7) is 10.3. The fraction of sp³-hybridized carbons (Fsp3) is 0.500. The minimum atomic E-state index is -0.774. The summed E-state index contributed by atoms with van der Waals surface area (Å²) in [7, 11) is 0. The molecule has 1 rings (SSSR count). The summed E-state index contributed by atoms with van der Waals surface area (Å²) in [5.41, 5.74) is -1.04. The van der Waals surface area contributed by atoms with E-state index < -0.39 is 23.4 Å². The first-order chi connectivity index (χ1) is 11.3. The van der Waals surface area contributed by atoms with Crippen LogP contribution in [0.2, 0.25) is 5.15 Å². The van der Waals surface area contributed by atoms with Crippen LogP contribution in [-0.4, -0.2) is 34.3 Å². The Balaban J connectivity index is 2.95. The maximum Gasteiger partial charge on any atom is 0.414 e. The standard InChI is InChI=1S/C16H23ClN4O4/c1-15(2,3)24-13(22)20-12(21-14(23)25-16(4,5)6)19-10-7-8-11(17)18-9-10/h7-9H,1-6H3,(H2,19,20,21,22,23). The minimum Gasteiger partial charge on any atom is -0.444 e. The number of pyridine rings is 1. The van der Waals surface area contributed by atoms with Crippen LogP contribution in [0.3, 0.4) is 0 Å². The Labute approximate surface area is 152 Å². The van der Waals surface area contributed by atoms with Crippen molar-refractivity contribution in [3.63, 3.8) is 0 Å². The van der Waals surface area contributed by atoms with E-state index in [1.165, 1.54) is 12.3 Å². The molecule has 0 aliphatic rings. The number of nitrogens with zero attached hydrogens (tertiary/aromatic N) is 2. The number of carbonyl (C=O) groups is 2. The molecular formula is C16H23ClN4O4. The molecule has 1 aromatic rings. The van der Waals surface area contributed by atoms with E-state index in [1.807, 2.05) is 0 Å². The van der Waals surface area contributed by atoms with E-state index in [2.05, 4.69) is 20.6 Å². The number of rotatable bonds is 1. The Hall–Kier alpha value is -2.35. The molecule has 0 spiro atoms. The zero-order valence-electron chi connectivity index (χ0n) is 15.1. The third-order valence-electron chi connectivity index (χ3n) is 2.19. The van der Waals surface area contributed by atoms with Gasteiger partial charge >= 0.3 is 12.2 Å². The monoisotopic (exact) mass is 370 g/mol. The molecule has 0 unspecified atom stereocenters. The highest BCUT2D eigenvalue weighted by Crippen LogP contribution is 2.13. The predicted octanol–water partition coefficient (Wildman–Crippen LogP) is 3.77. The first kappa shape index (κ1) is 20.7. The molecule has 0 radical (unpaired) electrons. The molecule has 9 heteroatoms. The molecule has 0 aliphatic heterocycles. The second-order valence-corrected chi connectivity index (χ2v) is 7.44. The molecule has 0 atom stereocenters. The number of guanidine groups is 1. The zero-order valence-corrected chi connectivity index (χ0v) is 15.9. The third-order valence-corrected chi connectivity index (χ3v) is 2.41. The van der Waals surface area contributed by atoms with Crippen LogP contribution in [0.4, 0.5) is 15.3 Å². The fourth-order valence-corrected chi connectivity index (χ4v) is 1.56. The molecule has 0 fully saturated rings. The highest BCUT2D eigenvalue weighted by atomic mass is 35.5. The highest BCUT2D eigenvalue weighted by Gasteiger charge is 2.21. The van der Waals surface area contributed by atoms with Crippen LogP contribution in [0.15, 0.2) is 23.3 Å². The van der Waals surface area contributed by atoms with Crippen molar-refractivity contribution in [1.82, 2.24) is 15.6 Å². The van der Waals surface area contributed by atoms with Crippen molar-refractivity contribution in [2.75, 3.05) is 0 Å². The van der Waals surface area contributed by atoms with Gasteiger partial charge in [-0.1, -0.05) is 11.6 Å². The molecule has 2 N–H and O–H groups in total. The number of hydrogen-bond acceptors (Lipinski definition) is 6. The molecule has 0 saturated carbocycles. The smallest absolute Gasteiger partial charge is 0.414 e. The number of alkyl carbamates (subject to hydrolysis) is 2. The van der Waals surface area contributed by atoms with Crippen LogP contribution < -0.4 is 10.6 Å². The van der Waals surface area contributed by atoms with Gasteiger partial charge in [-0.3, -0.25) is 10.6 Å². The van der Waals surface area contributed by atoms with Crippen LogP contribution >= 0.6 is 11.6 Å². The number of hydrogen-bond donors (Lipinski definition) is 2. The number of ether oxygens (including phenoxy) is 2. The lowest BCUT2D eigenvalue weighted by molar-refractivity contribution is 0.0545. The fourth-order valence-electron chi connectivity index (χ4n) is 1.45. The van der Waals surface area contributed by atoms with Gasteiger partial charge in [0.15, 0.2) is 0 Å². The van der Waals surface area contributed by atoms with Crippen molar-refractivity contribution in [2.24, 2.45) is 4.99 Å². The Morgan fingerprint density at radius 1 is 1.00 bits per heavy atom. The Morgan fingerprint density at radius 3 is 1.84 bits per heavy atom. The first-order valence-electron chi connectivity index (χ1n) is 7.54. The molecule has 0 aromatic carbocycles. The minimum absolute atomic E-state index is 0.160. The number of amides is 2. The van der Waals surface area contributed by atoms with Gasteiger partial charge in [0, 0.05) is 0 Å². The van der Waals surface area contributed by atoms with Crippen molar-refractivity contribution < 1.29 is 19.1 Å². The van der Waals surface area contributed by atoms with Crippen molar-refractivity contribution >= 4 is 35.4 Å². The quantitative estimate of drug-likeness (QED) is 0.445. The van der Waals surface area contributed by atoms with E-state index in [9.17, 15) is 9.59 Å². The predicted molar refractivity (Wildman–Crippen MR) is 95.1 cm³/mol. The number of halogens is 1. The normalized spacial score (nSPS) is 11.3. The van der Waals surface area contributed by atoms with Gasteiger partial charge in [0.05, 0.1) is 11.9 Å². The summed E-state index contributed by atoms with van der Waals surface area (Å²) in [5, 5.41) is 5.03. The number of aliphatic imine (C=N–C) groups is 1. The Kier molecular flexibility index (Phi) is 6.75. The summed E-state index contributed by atoms with van der Waals surface area (Å²) in [5.74, 6) is -0.160. The second-order valence-electron chi connectivity index (χ2n) is 7.05. The largest absolute Gasteiger partial charge is 0.444 e. The van der Waals surface area contributed by atoms with Crippen molar-refractivity contribution in [1.29, 1.82) is 0 Å². The molecule has 2 amide bonds. The molecule has 0 aliphatic carbocycles. The summed E-state index contributed by atoms with van der Waals surface area (Å²) in [6.07, 6.45) is -0.163. The topological polar surface area (TPSA) is 102 Å². The highest BCUT2D eigenvalue weighted by molar-refractivity contribution is 6.29. The lowest BCUT2D eigenvalue weighted by atomic mass is 10.2. The summed E-state index contributed by atoms with van der Waals surface area (Å²) < 4.78 is 10.3. The maximum atomic E-state index is 11.9. The van der Waals surface area contributed by atoms with Gasteiger partial charge in [0.25, 0.3) is 0 Å². The lowest BCUT2D eigenvalue weighted by Crippen LogP contribution is -2.47. The zero-order chi connectivity index (χ0) is 19.3. The third kappa shape index (κ3) is 9.51. The Bertz CT molecular complexity index is 614. The number of nitrogens with one attached hydrogen (secondary N) is 2. The van der Waals surface area contributed by atoms with Gasteiger partial charge in [0.1, 0.15) is 16.4 Å². The van der Waals surface area contributed by atoms with Crippen LogP contribution in [0, 0.1) is 0 Å². The lowest BCUT2D eigenvalue weighted by Gasteiger charge is -2.22. The van der Waals surface area contributed by atoms with E-state index in [4.69, 9.17) is 21.1 Å². The summed E-state index contributed by atoms with van der Waals surface area (Å²) in [6, 6.07) is 3.10. The van der Waals surface area contributed by atoms with Crippen molar-refractivity contribution in [3.05, 3.63) is 23.5 Å². The van der Waals surface area contributed by atoms with Gasteiger partial charge in [-0.05, 0) is 53.7 Å². The number of carbonyl (C=O) groups excluding carboxylic acids is 2. The van der Waals surface area contributed by atoms with Crippen LogP contribution in [0.5, 0.6) is 0 Å². The van der Waals surface area contributed by atoms with Gasteiger partial charge in [0.2, 0.25) is 5.96 Å². The average Bonchev–Trinajstić information content (AvgIpc) is 2.36. The van der Waals surface area contributed by atoms with E-state index in [0.29, 0.717) is 10.8 Å². The van der Waals surface area contributed by atoms with Crippen LogP contribution in [0.25, 0.3) is 0 Å². The summed E-state index contributed by atoms with van der Waals surface area (Å²) in [4.78, 5) is 31.9. The second kappa shape index (κ2) is 8.15. The van der Waals surface area contributed by atoms with E-state index in [-0.39, 0.29) is 5.96 Å². The SMILES string of the molecule is CC(C)(C)OC(=O)NC(=Nc1ccc(Cl)nc1)NC(=O)OC(C)(C)C. The maximum absolute atomic E-state index is 11.9. The van der Waals surface area contributed by atoms with E-state index in [0.717, 1.165) is 0 Å². The van der Waals surface area contributed by atoms with Gasteiger partial charge < -0.3 is 9.47 Å². The van der Waals surface area contributed by atoms with E-state index >= 15 is 0 Å². The van der Waals surface area contributed by atoms with Crippen LogP contribution in [-0.2, 0) is 9.47 Å². The molecule has 1 heterocycles. The summed E-state index contributed by atoms with van der Waals surface area (Å²) >= 11 is 5.72. The number of aromatic nitrogens is 1. The molecule has 0 saturated heterocycles. The van der Waals surface area contributed by atoms with Crippen molar-refractivity contribution in [3.8, 4) is 0 Å². The molecule has 25 heavy (non-hydrogen) atoms. The van der Waals surface area contributed by atoms with E-state index in [1.54, 1.807) is 47.6 Å². The molecule has 0 bridgehead atoms. The first-order valence-corrected chi connectivity index (χ1v) is 7.92. The molecular weight excluding hydrogens is 348 g/mol. The molecule has 1 aromatic heterocycles. The van der Waals surface area contributed by atoms with Crippen molar-refractivity contribution in [2.45, 2.75) is 52.7 Å². The Morgan fingerprint density at radius 2 is 1.48 bits per heavy atom. The van der Waals surface area contributed by atoms with Gasteiger partial charge in [-0.2, -0.15) is 0 Å². The van der Waals surface area contributed by atoms with Gasteiger partial charge in [-0.25, -0.2) is 19.6 Å². The van der Waals surface area contributed by atoms with Crippen LogP contribution in [0.1, 0.15) is 41.5 Å². The molecule has 8 nitrogen and oxygen atoms in total. The average molecular weight is 371 g/mol. The molecule has 138 valence electrons.